The lowest BCUT2D eigenvalue weighted by atomic mass is 10.1. The summed E-state index contributed by atoms with van der Waals surface area (Å²) < 4.78 is 19.9. The van der Waals surface area contributed by atoms with Crippen molar-refractivity contribution >= 4 is 11.0 Å². The summed E-state index contributed by atoms with van der Waals surface area (Å²) in [6.07, 6.45) is 1.39. The molecule has 2 heterocycles. The molecule has 0 radical (unpaired) electrons. The SMILES string of the molecule is Cc1cc2nc(CO[C@H]3CN(CC4CC4)C[C@H]3F)[nH]c2cc1C. The first-order chi connectivity index (χ1) is 11.1. The molecule has 2 atom stereocenters. The van der Waals surface area contributed by atoms with Gasteiger partial charge >= 0.3 is 0 Å². The van der Waals surface area contributed by atoms with E-state index in [4.69, 9.17) is 4.74 Å². The Morgan fingerprint density at radius 2 is 2.04 bits per heavy atom. The number of benzene rings is 1. The highest BCUT2D eigenvalue weighted by atomic mass is 19.1. The van der Waals surface area contributed by atoms with Gasteiger partial charge in [-0.3, -0.25) is 4.90 Å². The van der Waals surface area contributed by atoms with Crippen LogP contribution in [-0.2, 0) is 11.3 Å². The number of fused-ring (bicyclic) bond motifs is 1. The first-order valence-corrected chi connectivity index (χ1v) is 8.52. The van der Waals surface area contributed by atoms with E-state index in [9.17, 15) is 4.39 Å². The maximum atomic E-state index is 14.1. The molecule has 2 aliphatic rings. The number of alkyl halides is 1. The molecule has 1 N–H and O–H groups in total. The average Bonchev–Trinajstić information content (AvgIpc) is 3.12. The lowest BCUT2D eigenvalue weighted by molar-refractivity contribution is 0.00872. The van der Waals surface area contributed by atoms with Crippen molar-refractivity contribution in [3.63, 3.8) is 0 Å². The lowest BCUT2D eigenvalue weighted by Crippen LogP contribution is -2.25. The standard InChI is InChI=1S/C18H24FN3O/c1-11-5-15-16(6-12(11)2)21-18(20-15)10-23-17-9-22(8-14(17)19)7-13-3-4-13/h5-6,13-14,17H,3-4,7-10H2,1-2H3,(H,20,21)/t14-,17+/m1/s1. The van der Waals surface area contributed by atoms with Crippen molar-refractivity contribution < 1.29 is 9.13 Å². The molecule has 2 fully saturated rings. The fourth-order valence-corrected chi connectivity index (χ4v) is 3.36. The van der Waals surface area contributed by atoms with Crippen LogP contribution in [0.3, 0.4) is 0 Å². The number of aryl methyl sites for hydroxylation is 2. The lowest BCUT2D eigenvalue weighted by Gasteiger charge is -2.14. The molecule has 5 heteroatoms. The monoisotopic (exact) mass is 317 g/mol. The van der Waals surface area contributed by atoms with Crippen molar-refractivity contribution in [1.29, 1.82) is 0 Å². The van der Waals surface area contributed by atoms with Crippen LogP contribution in [0.15, 0.2) is 12.1 Å². The number of halogens is 1. The summed E-state index contributed by atoms with van der Waals surface area (Å²) in [5.41, 5.74) is 4.44. The molecule has 2 aromatic rings. The molecule has 1 saturated heterocycles. The van der Waals surface area contributed by atoms with Gasteiger partial charge in [0.2, 0.25) is 0 Å². The van der Waals surface area contributed by atoms with Gasteiger partial charge < -0.3 is 9.72 Å². The van der Waals surface area contributed by atoms with Crippen molar-refractivity contribution in [2.45, 2.75) is 45.6 Å². The Morgan fingerprint density at radius 3 is 2.83 bits per heavy atom. The predicted octanol–water partition coefficient (Wildman–Crippen LogP) is 3.13. The number of nitrogens with one attached hydrogen (secondary N) is 1. The number of hydrogen-bond acceptors (Lipinski definition) is 3. The summed E-state index contributed by atoms with van der Waals surface area (Å²) in [5.74, 6) is 1.57. The van der Waals surface area contributed by atoms with Crippen LogP contribution in [0.1, 0.15) is 29.8 Å². The zero-order chi connectivity index (χ0) is 16.0. The second-order valence-corrected chi connectivity index (χ2v) is 7.16. The van der Waals surface area contributed by atoms with Crippen LogP contribution < -0.4 is 0 Å². The third kappa shape index (κ3) is 3.26. The molecule has 1 aliphatic carbocycles. The van der Waals surface area contributed by atoms with E-state index in [0.29, 0.717) is 19.7 Å². The van der Waals surface area contributed by atoms with Gasteiger partial charge in [-0.2, -0.15) is 0 Å². The van der Waals surface area contributed by atoms with Crippen LogP contribution >= 0.6 is 0 Å². The Hall–Kier alpha value is -1.46. The van der Waals surface area contributed by atoms with E-state index >= 15 is 0 Å². The molecular weight excluding hydrogens is 293 g/mol. The Labute approximate surface area is 136 Å². The number of aromatic amines is 1. The minimum atomic E-state index is -0.886. The number of imidazole rings is 1. The number of H-pyrrole nitrogens is 1. The summed E-state index contributed by atoms with van der Waals surface area (Å²) >= 11 is 0. The Kier molecular flexibility index (Phi) is 3.85. The molecule has 0 unspecified atom stereocenters. The third-order valence-corrected chi connectivity index (χ3v) is 5.07. The van der Waals surface area contributed by atoms with Gasteiger partial charge in [0.1, 0.15) is 24.7 Å². The van der Waals surface area contributed by atoms with Crippen LogP contribution in [0, 0.1) is 19.8 Å². The molecule has 1 aliphatic heterocycles. The molecule has 1 aromatic carbocycles. The van der Waals surface area contributed by atoms with E-state index in [1.165, 1.54) is 24.0 Å². The molecule has 124 valence electrons. The molecule has 1 aromatic heterocycles. The van der Waals surface area contributed by atoms with Gasteiger partial charge in [0.05, 0.1) is 11.0 Å². The van der Waals surface area contributed by atoms with Gasteiger partial charge in [0, 0.05) is 19.6 Å². The highest BCUT2D eigenvalue weighted by molar-refractivity contribution is 5.77. The van der Waals surface area contributed by atoms with Crippen molar-refractivity contribution in [2.24, 2.45) is 5.92 Å². The number of rotatable bonds is 5. The predicted molar refractivity (Wildman–Crippen MR) is 88.2 cm³/mol. The third-order valence-electron chi connectivity index (χ3n) is 5.07. The van der Waals surface area contributed by atoms with Crippen LogP contribution in [0.25, 0.3) is 11.0 Å². The van der Waals surface area contributed by atoms with Gasteiger partial charge in [-0.25, -0.2) is 9.37 Å². The van der Waals surface area contributed by atoms with E-state index in [0.717, 1.165) is 29.3 Å². The van der Waals surface area contributed by atoms with Crippen LogP contribution in [-0.4, -0.2) is 46.8 Å². The number of ether oxygens (including phenoxy) is 1. The van der Waals surface area contributed by atoms with Crippen LogP contribution in [0.2, 0.25) is 0 Å². The van der Waals surface area contributed by atoms with Gasteiger partial charge in [-0.15, -0.1) is 0 Å². The van der Waals surface area contributed by atoms with Crippen molar-refractivity contribution in [1.82, 2.24) is 14.9 Å². The van der Waals surface area contributed by atoms with E-state index < -0.39 is 6.17 Å². The molecular formula is C18H24FN3O. The van der Waals surface area contributed by atoms with Crippen molar-refractivity contribution in [2.75, 3.05) is 19.6 Å². The quantitative estimate of drug-likeness (QED) is 0.921. The second-order valence-electron chi connectivity index (χ2n) is 7.16. The minimum absolute atomic E-state index is 0.328. The van der Waals surface area contributed by atoms with E-state index in [1.807, 2.05) is 0 Å². The fraction of sp³-hybridized carbons (Fsp3) is 0.611. The Morgan fingerprint density at radius 1 is 1.26 bits per heavy atom. The van der Waals surface area contributed by atoms with E-state index in [1.54, 1.807) is 0 Å². The summed E-state index contributed by atoms with van der Waals surface area (Å²) in [7, 11) is 0. The number of nitrogens with zero attached hydrogens (tertiary/aromatic N) is 2. The number of likely N-dealkylation sites (tertiary alicyclic amines) is 1. The van der Waals surface area contributed by atoms with Gasteiger partial charge in [-0.1, -0.05) is 0 Å². The normalized spacial score (nSPS) is 25.5. The first kappa shape index (κ1) is 15.1. The summed E-state index contributed by atoms with van der Waals surface area (Å²) in [6.45, 7) is 6.77. The molecule has 0 spiro atoms. The maximum absolute atomic E-state index is 14.1. The average molecular weight is 317 g/mol. The first-order valence-electron chi connectivity index (χ1n) is 8.52. The smallest absolute Gasteiger partial charge is 0.140 e. The Bertz CT molecular complexity index is 671. The molecule has 0 amide bonds. The molecule has 1 saturated carbocycles. The number of aromatic nitrogens is 2. The van der Waals surface area contributed by atoms with Gasteiger partial charge in [0.25, 0.3) is 0 Å². The zero-order valence-electron chi connectivity index (χ0n) is 13.8. The molecule has 4 nitrogen and oxygen atoms in total. The summed E-state index contributed by atoms with van der Waals surface area (Å²) in [4.78, 5) is 10.1. The van der Waals surface area contributed by atoms with Gasteiger partial charge in [-0.05, 0) is 55.9 Å². The highest BCUT2D eigenvalue weighted by Crippen LogP contribution is 2.31. The number of hydrogen-bond donors (Lipinski definition) is 1. The summed E-state index contributed by atoms with van der Waals surface area (Å²) in [5, 5.41) is 0. The minimum Gasteiger partial charge on any atom is -0.366 e. The van der Waals surface area contributed by atoms with E-state index in [2.05, 4.69) is 40.8 Å². The topological polar surface area (TPSA) is 41.1 Å². The highest BCUT2D eigenvalue weighted by Gasteiger charge is 2.36. The van der Waals surface area contributed by atoms with Crippen molar-refractivity contribution in [3.05, 3.63) is 29.1 Å². The largest absolute Gasteiger partial charge is 0.366 e. The Balaban J connectivity index is 1.38. The molecule has 4 rings (SSSR count). The van der Waals surface area contributed by atoms with Crippen molar-refractivity contribution in [3.8, 4) is 0 Å². The summed E-state index contributed by atoms with van der Waals surface area (Å²) in [6, 6.07) is 4.18. The fourth-order valence-electron chi connectivity index (χ4n) is 3.36. The second kappa shape index (κ2) is 5.87. The van der Waals surface area contributed by atoms with E-state index in [-0.39, 0.29) is 6.10 Å². The maximum Gasteiger partial charge on any atom is 0.140 e. The molecule has 23 heavy (non-hydrogen) atoms. The van der Waals surface area contributed by atoms with Crippen LogP contribution in [0.4, 0.5) is 4.39 Å². The molecule has 0 bridgehead atoms. The van der Waals surface area contributed by atoms with Crippen LogP contribution in [0.5, 0.6) is 0 Å². The zero-order valence-corrected chi connectivity index (χ0v) is 13.8. The van der Waals surface area contributed by atoms with Gasteiger partial charge in [0.15, 0.2) is 0 Å².